The van der Waals surface area contributed by atoms with Gasteiger partial charge < -0.3 is 20.1 Å². The highest BCUT2D eigenvalue weighted by Crippen LogP contribution is 2.52. The van der Waals surface area contributed by atoms with E-state index in [0.717, 1.165) is 13.0 Å². The van der Waals surface area contributed by atoms with E-state index in [-0.39, 0.29) is 30.2 Å². The molecular weight excluding hydrogens is 292 g/mol. The van der Waals surface area contributed by atoms with Gasteiger partial charge >= 0.3 is 6.03 Å². The average Bonchev–Trinajstić information content (AvgIpc) is 2.99. The zero-order valence-electron chi connectivity index (χ0n) is 13.5. The van der Waals surface area contributed by atoms with Crippen molar-refractivity contribution in [2.75, 3.05) is 18.5 Å². The van der Waals surface area contributed by atoms with Crippen molar-refractivity contribution in [3.8, 4) is 18.1 Å². The number of carbonyl (C=O) groups is 1. The lowest BCUT2D eigenvalue weighted by molar-refractivity contribution is -0.107. The van der Waals surface area contributed by atoms with Gasteiger partial charge in [0.15, 0.2) is 0 Å². The second kappa shape index (κ2) is 6.13. The first-order valence-corrected chi connectivity index (χ1v) is 7.88. The molecule has 5 nitrogen and oxygen atoms in total. The molecular formula is C18H22N2O3. The van der Waals surface area contributed by atoms with E-state index in [1.165, 1.54) is 0 Å². The summed E-state index contributed by atoms with van der Waals surface area (Å²) in [6.07, 6.45) is 6.43. The Kier molecular flexibility index (Phi) is 4.18. The number of hydrogen-bond acceptors (Lipinski definition) is 3. The number of benzene rings is 1. The predicted molar refractivity (Wildman–Crippen MR) is 88.3 cm³/mol. The highest BCUT2D eigenvalue weighted by atomic mass is 16.5. The van der Waals surface area contributed by atoms with Crippen molar-refractivity contribution in [1.82, 2.24) is 5.32 Å². The number of rotatable bonds is 4. The summed E-state index contributed by atoms with van der Waals surface area (Å²) in [5.41, 5.74) is 0.692. The minimum absolute atomic E-state index is 0.0224. The SMILES string of the molecule is C#CCOc1ccc(NC(=O)N[C@@H]2[C@@H]3CCO[C@@H]3C2(C)C)cc1. The molecule has 2 N–H and O–H groups in total. The Morgan fingerprint density at radius 1 is 1.43 bits per heavy atom. The summed E-state index contributed by atoms with van der Waals surface area (Å²) in [4.78, 5) is 12.2. The molecule has 1 aliphatic heterocycles. The highest BCUT2D eigenvalue weighted by molar-refractivity contribution is 5.89. The Morgan fingerprint density at radius 3 is 2.87 bits per heavy atom. The molecule has 122 valence electrons. The number of nitrogens with one attached hydrogen (secondary N) is 2. The fourth-order valence-electron chi connectivity index (χ4n) is 3.69. The topological polar surface area (TPSA) is 59.6 Å². The van der Waals surface area contributed by atoms with Crippen LogP contribution in [0.1, 0.15) is 20.3 Å². The lowest BCUT2D eigenvalue weighted by Crippen LogP contribution is -2.67. The summed E-state index contributed by atoms with van der Waals surface area (Å²) in [6, 6.07) is 7.10. The third-order valence-corrected chi connectivity index (χ3v) is 4.82. The Hall–Kier alpha value is -2.19. The van der Waals surface area contributed by atoms with Crippen LogP contribution < -0.4 is 15.4 Å². The Balaban J connectivity index is 1.54. The zero-order chi connectivity index (χ0) is 16.4. The Labute approximate surface area is 136 Å². The zero-order valence-corrected chi connectivity index (χ0v) is 13.5. The van der Waals surface area contributed by atoms with Crippen molar-refractivity contribution >= 4 is 11.7 Å². The standard InChI is InChI=1S/C18H22N2O3/c1-4-10-22-13-7-5-12(6-8-13)19-17(21)20-15-14-9-11-23-16(14)18(15,2)3/h1,5-8,14-16H,9-11H2,2-3H3,(H2,19,20,21)/t14-,15+,16-/m0/s1. The summed E-state index contributed by atoms with van der Waals surface area (Å²) >= 11 is 0. The largest absolute Gasteiger partial charge is 0.481 e. The van der Waals surface area contributed by atoms with Crippen LogP contribution in [0.3, 0.4) is 0 Å². The van der Waals surface area contributed by atoms with E-state index >= 15 is 0 Å². The van der Waals surface area contributed by atoms with E-state index in [0.29, 0.717) is 17.4 Å². The normalized spacial score (nSPS) is 27.3. The maximum atomic E-state index is 12.2. The van der Waals surface area contributed by atoms with Gasteiger partial charge in [-0.25, -0.2) is 4.79 Å². The van der Waals surface area contributed by atoms with Crippen molar-refractivity contribution in [1.29, 1.82) is 0 Å². The van der Waals surface area contributed by atoms with Gasteiger partial charge in [-0.05, 0) is 30.7 Å². The van der Waals surface area contributed by atoms with Gasteiger partial charge in [-0.15, -0.1) is 6.42 Å². The van der Waals surface area contributed by atoms with Gasteiger partial charge in [0, 0.05) is 29.7 Å². The van der Waals surface area contributed by atoms with E-state index in [2.05, 4.69) is 30.4 Å². The van der Waals surface area contributed by atoms with E-state index in [9.17, 15) is 4.79 Å². The minimum Gasteiger partial charge on any atom is -0.481 e. The average molecular weight is 314 g/mol. The Bertz CT molecular complexity index is 618. The van der Waals surface area contributed by atoms with E-state index in [1.54, 1.807) is 24.3 Å². The van der Waals surface area contributed by atoms with Crippen molar-refractivity contribution in [3.05, 3.63) is 24.3 Å². The molecule has 0 radical (unpaired) electrons. The molecule has 0 aromatic heterocycles. The summed E-state index contributed by atoms with van der Waals surface area (Å²) in [5, 5.41) is 5.94. The summed E-state index contributed by atoms with van der Waals surface area (Å²) < 4.78 is 11.0. The van der Waals surface area contributed by atoms with Gasteiger partial charge in [0.25, 0.3) is 0 Å². The first-order valence-electron chi connectivity index (χ1n) is 7.88. The van der Waals surface area contributed by atoms with Crippen LogP contribution in [-0.4, -0.2) is 31.4 Å². The number of fused-ring (bicyclic) bond motifs is 1. The van der Waals surface area contributed by atoms with Crippen LogP contribution in [0.25, 0.3) is 0 Å². The fraction of sp³-hybridized carbons (Fsp3) is 0.500. The third kappa shape index (κ3) is 2.99. The Morgan fingerprint density at radius 2 is 2.17 bits per heavy atom. The first kappa shape index (κ1) is 15.7. The molecule has 5 heteroatoms. The van der Waals surface area contributed by atoms with Crippen LogP contribution in [0, 0.1) is 23.7 Å². The number of urea groups is 1. The van der Waals surface area contributed by atoms with E-state index < -0.39 is 0 Å². The lowest BCUT2D eigenvalue weighted by atomic mass is 9.57. The van der Waals surface area contributed by atoms with Gasteiger partial charge in [-0.2, -0.15) is 0 Å². The van der Waals surface area contributed by atoms with Crippen LogP contribution in [-0.2, 0) is 4.74 Å². The molecule has 2 fully saturated rings. The number of ether oxygens (including phenoxy) is 2. The van der Waals surface area contributed by atoms with E-state index in [1.807, 2.05) is 0 Å². The molecule has 1 aliphatic carbocycles. The van der Waals surface area contributed by atoms with Crippen LogP contribution in [0.2, 0.25) is 0 Å². The summed E-state index contributed by atoms with van der Waals surface area (Å²) in [5.74, 6) is 3.52. The number of terminal acetylenes is 1. The molecule has 0 unspecified atom stereocenters. The second-order valence-electron chi connectivity index (χ2n) is 6.66. The second-order valence-corrected chi connectivity index (χ2v) is 6.66. The number of hydrogen-bond donors (Lipinski definition) is 2. The number of anilines is 1. The van der Waals surface area contributed by atoms with Gasteiger partial charge in [-0.1, -0.05) is 19.8 Å². The molecule has 3 rings (SSSR count). The van der Waals surface area contributed by atoms with Gasteiger partial charge in [0.1, 0.15) is 12.4 Å². The quantitative estimate of drug-likeness (QED) is 0.840. The highest BCUT2D eigenvalue weighted by Gasteiger charge is 2.59. The van der Waals surface area contributed by atoms with Crippen LogP contribution in [0.5, 0.6) is 5.75 Å². The minimum atomic E-state index is -0.189. The van der Waals surface area contributed by atoms with Crippen LogP contribution in [0.15, 0.2) is 24.3 Å². The third-order valence-electron chi connectivity index (χ3n) is 4.82. The first-order chi connectivity index (χ1) is 11.0. The van der Waals surface area contributed by atoms with Gasteiger partial charge in [0.05, 0.1) is 6.10 Å². The van der Waals surface area contributed by atoms with Crippen LogP contribution in [0.4, 0.5) is 10.5 Å². The van der Waals surface area contributed by atoms with Crippen molar-refractivity contribution < 1.29 is 14.3 Å². The molecule has 2 amide bonds. The molecule has 2 aliphatic rings. The maximum Gasteiger partial charge on any atom is 0.319 e. The molecule has 1 aromatic rings. The monoisotopic (exact) mass is 314 g/mol. The molecule has 23 heavy (non-hydrogen) atoms. The molecule has 1 saturated heterocycles. The maximum absolute atomic E-state index is 12.2. The van der Waals surface area contributed by atoms with Crippen LogP contribution >= 0.6 is 0 Å². The lowest BCUT2D eigenvalue weighted by Gasteiger charge is -2.54. The molecule has 3 atom stereocenters. The van der Waals surface area contributed by atoms with Gasteiger partial charge in [0.2, 0.25) is 0 Å². The molecule has 1 aromatic carbocycles. The van der Waals surface area contributed by atoms with Gasteiger partial charge in [-0.3, -0.25) is 0 Å². The molecule has 0 spiro atoms. The van der Waals surface area contributed by atoms with Crippen molar-refractivity contribution in [2.45, 2.75) is 32.4 Å². The number of amides is 2. The molecule has 1 saturated carbocycles. The number of carbonyl (C=O) groups excluding carboxylic acids is 1. The van der Waals surface area contributed by atoms with Crippen molar-refractivity contribution in [2.24, 2.45) is 11.3 Å². The molecule has 1 heterocycles. The summed E-state index contributed by atoms with van der Waals surface area (Å²) in [6.45, 7) is 5.30. The fourth-order valence-corrected chi connectivity index (χ4v) is 3.69. The summed E-state index contributed by atoms with van der Waals surface area (Å²) in [7, 11) is 0. The van der Waals surface area contributed by atoms with Crippen molar-refractivity contribution in [3.63, 3.8) is 0 Å². The smallest absolute Gasteiger partial charge is 0.319 e. The van der Waals surface area contributed by atoms with E-state index in [4.69, 9.17) is 15.9 Å². The predicted octanol–water partition coefficient (Wildman–Crippen LogP) is 2.63. The molecule has 0 bridgehead atoms.